The van der Waals surface area contributed by atoms with Crippen LogP contribution in [-0.2, 0) is 24.1 Å². The molecule has 1 aromatic heterocycles. The molecule has 0 saturated carbocycles. The lowest BCUT2D eigenvalue weighted by molar-refractivity contribution is -0.143. The van der Waals surface area contributed by atoms with Gasteiger partial charge in [0.2, 0.25) is 0 Å². The van der Waals surface area contributed by atoms with Gasteiger partial charge in [-0.15, -0.1) is 0 Å². The maximum Gasteiger partial charge on any atom is 0.408 e. The number of esters is 1. The van der Waals surface area contributed by atoms with E-state index >= 15 is 0 Å². The second-order valence-electron chi connectivity index (χ2n) is 3.89. The van der Waals surface area contributed by atoms with Gasteiger partial charge in [0.05, 0.1) is 7.11 Å². The van der Waals surface area contributed by atoms with Crippen LogP contribution < -0.4 is 0 Å². The number of fused-ring (bicyclic) bond motifs is 1. The molecule has 17 heavy (non-hydrogen) atoms. The molecular weight excluding hydrogens is 237 g/mol. The van der Waals surface area contributed by atoms with Crippen LogP contribution in [0.1, 0.15) is 28.2 Å². The molecule has 0 aromatic carbocycles. The summed E-state index contributed by atoms with van der Waals surface area (Å²) in [6, 6.07) is 0. The fourth-order valence-electron chi connectivity index (χ4n) is 2.07. The van der Waals surface area contributed by atoms with Gasteiger partial charge < -0.3 is 4.74 Å². The fourth-order valence-corrected chi connectivity index (χ4v) is 2.07. The van der Waals surface area contributed by atoms with E-state index in [0.29, 0.717) is 24.1 Å². The summed E-state index contributed by atoms with van der Waals surface area (Å²) in [5.41, 5.74) is 1.12. The maximum absolute atomic E-state index is 12.3. The number of halogens is 3. The number of hydrogen-bond donors (Lipinski definition) is 0. The Balaban J connectivity index is 2.38. The molecule has 1 aliphatic rings. The van der Waals surface area contributed by atoms with Gasteiger partial charge in [-0.3, -0.25) is 4.68 Å². The van der Waals surface area contributed by atoms with Gasteiger partial charge in [-0.2, -0.15) is 18.3 Å². The molecule has 7 heteroatoms. The smallest absolute Gasteiger partial charge is 0.408 e. The zero-order valence-corrected chi connectivity index (χ0v) is 9.17. The van der Waals surface area contributed by atoms with Crippen molar-refractivity contribution in [3.05, 3.63) is 17.0 Å². The van der Waals surface area contributed by atoms with Gasteiger partial charge in [0.1, 0.15) is 6.54 Å². The van der Waals surface area contributed by atoms with E-state index in [2.05, 4.69) is 9.84 Å². The lowest BCUT2D eigenvalue weighted by Gasteiger charge is -2.08. The van der Waals surface area contributed by atoms with Crippen LogP contribution in [0.5, 0.6) is 0 Å². The highest BCUT2D eigenvalue weighted by Crippen LogP contribution is 2.28. The summed E-state index contributed by atoms with van der Waals surface area (Å²) in [6.07, 6.45) is -2.49. The topological polar surface area (TPSA) is 44.1 Å². The third kappa shape index (κ3) is 2.27. The molecule has 0 amide bonds. The average molecular weight is 248 g/mol. The molecule has 1 aromatic rings. The largest absolute Gasteiger partial charge is 0.464 e. The summed E-state index contributed by atoms with van der Waals surface area (Å²) >= 11 is 0. The Bertz CT molecular complexity index is 451. The van der Waals surface area contributed by atoms with E-state index < -0.39 is 18.7 Å². The molecule has 1 heterocycles. The molecule has 0 radical (unpaired) electrons. The second-order valence-corrected chi connectivity index (χ2v) is 3.89. The van der Waals surface area contributed by atoms with E-state index in [0.717, 1.165) is 11.1 Å². The van der Waals surface area contributed by atoms with Crippen LogP contribution in [0, 0.1) is 0 Å². The number of methoxy groups -OCH3 is 1. The van der Waals surface area contributed by atoms with E-state index in [1.165, 1.54) is 7.11 Å². The van der Waals surface area contributed by atoms with Crippen molar-refractivity contribution in [2.24, 2.45) is 0 Å². The van der Waals surface area contributed by atoms with E-state index in [9.17, 15) is 18.0 Å². The van der Waals surface area contributed by atoms with Gasteiger partial charge in [-0.25, -0.2) is 4.79 Å². The monoisotopic (exact) mass is 248 g/mol. The zero-order valence-electron chi connectivity index (χ0n) is 9.17. The predicted octanol–water partition coefficient (Wildman–Crippen LogP) is 1.72. The number of nitrogens with zero attached hydrogens (tertiary/aromatic N) is 2. The van der Waals surface area contributed by atoms with Crippen LogP contribution in [0.4, 0.5) is 13.2 Å². The Morgan fingerprint density at radius 2 is 2.18 bits per heavy atom. The number of hydrogen-bond acceptors (Lipinski definition) is 3. The van der Waals surface area contributed by atoms with Gasteiger partial charge in [0, 0.05) is 11.3 Å². The van der Waals surface area contributed by atoms with E-state index in [-0.39, 0.29) is 5.69 Å². The molecular formula is C10H11F3N2O2. The first-order valence-electron chi connectivity index (χ1n) is 5.16. The number of carbonyl (C=O) groups is 1. The molecule has 0 saturated heterocycles. The lowest BCUT2D eigenvalue weighted by atomic mass is 10.2. The fraction of sp³-hybridized carbons (Fsp3) is 0.600. The first kappa shape index (κ1) is 11.9. The highest BCUT2D eigenvalue weighted by Gasteiger charge is 2.33. The van der Waals surface area contributed by atoms with Crippen LogP contribution in [0.25, 0.3) is 0 Å². The lowest BCUT2D eigenvalue weighted by Crippen LogP contribution is -2.20. The average Bonchev–Trinajstić information content (AvgIpc) is 2.78. The molecule has 0 aliphatic heterocycles. The van der Waals surface area contributed by atoms with Crippen LogP contribution in [-0.4, -0.2) is 29.0 Å². The Morgan fingerprint density at radius 3 is 2.76 bits per heavy atom. The molecule has 4 nitrogen and oxygen atoms in total. The first-order valence-corrected chi connectivity index (χ1v) is 5.16. The van der Waals surface area contributed by atoms with Crippen molar-refractivity contribution in [3.63, 3.8) is 0 Å². The van der Waals surface area contributed by atoms with Gasteiger partial charge in [0.15, 0.2) is 5.69 Å². The number of rotatable bonds is 2. The minimum Gasteiger partial charge on any atom is -0.464 e. The Morgan fingerprint density at radius 1 is 1.47 bits per heavy atom. The van der Waals surface area contributed by atoms with Crippen molar-refractivity contribution in [3.8, 4) is 0 Å². The quantitative estimate of drug-likeness (QED) is 0.748. The Hall–Kier alpha value is -1.53. The maximum atomic E-state index is 12.3. The summed E-state index contributed by atoms with van der Waals surface area (Å²) < 4.78 is 42.4. The Kier molecular flexibility index (Phi) is 2.84. The standard InChI is InChI=1S/C10H11F3N2O2/c1-17-9(16)8-6-3-2-4-7(6)15(14-8)5-10(11,12)13/h2-5H2,1H3. The highest BCUT2D eigenvalue weighted by molar-refractivity contribution is 5.89. The van der Waals surface area contributed by atoms with Crippen molar-refractivity contribution >= 4 is 5.97 Å². The number of carbonyl (C=O) groups excluding carboxylic acids is 1. The Labute approximate surface area is 95.4 Å². The molecule has 0 bridgehead atoms. The van der Waals surface area contributed by atoms with Gasteiger partial charge in [0.25, 0.3) is 0 Å². The van der Waals surface area contributed by atoms with Crippen LogP contribution >= 0.6 is 0 Å². The SMILES string of the molecule is COC(=O)c1nn(CC(F)(F)F)c2c1CCC2. The molecule has 0 N–H and O–H groups in total. The van der Waals surface area contributed by atoms with Crippen LogP contribution in [0.2, 0.25) is 0 Å². The molecule has 0 fully saturated rings. The van der Waals surface area contributed by atoms with Gasteiger partial charge in [-0.1, -0.05) is 0 Å². The highest BCUT2D eigenvalue weighted by atomic mass is 19.4. The molecule has 2 rings (SSSR count). The molecule has 1 aliphatic carbocycles. The molecule has 0 atom stereocenters. The van der Waals surface area contributed by atoms with E-state index in [1.54, 1.807) is 0 Å². The minimum absolute atomic E-state index is 0.0178. The van der Waals surface area contributed by atoms with E-state index in [1.807, 2.05) is 0 Å². The van der Waals surface area contributed by atoms with Crippen molar-refractivity contribution < 1.29 is 22.7 Å². The van der Waals surface area contributed by atoms with Crippen molar-refractivity contribution in [2.45, 2.75) is 32.0 Å². The summed E-state index contributed by atoms with van der Waals surface area (Å²) in [5, 5.41) is 3.71. The second kappa shape index (κ2) is 4.05. The van der Waals surface area contributed by atoms with Crippen molar-refractivity contribution in [2.75, 3.05) is 7.11 Å². The number of alkyl halides is 3. The summed E-state index contributed by atoms with van der Waals surface area (Å²) in [5.74, 6) is -0.677. The summed E-state index contributed by atoms with van der Waals surface area (Å²) in [6.45, 7) is -1.16. The number of ether oxygens (including phenoxy) is 1. The zero-order chi connectivity index (χ0) is 12.6. The van der Waals surface area contributed by atoms with Crippen molar-refractivity contribution in [1.29, 1.82) is 0 Å². The third-order valence-corrected chi connectivity index (χ3v) is 2.71. The normalized spacial score (nSPS) is 14.8. The van der Waals surface area contributed by atoms with Crippen LogP contribution in [0.3, 0.4) is 0 Å². The van der Waals surface area contributed by atoms with Crippen LogP contribution in [0.15, 0.2) is 0 Å². The van der Waals surface area contributed by atoms with Crippen molar-refractivity contribution in [1.82, 2.24) is 9.78 Å². The van der Waals surface area contributed by atoms with E-state index in [4.69, 9.17) is 0 Å². The molecule has 0 spiro atoms. The van der Waals surface area contributed by atoms with Gasteiger partial charge in [-0.05, 0) is 19.3 Å². The van der Waals surface area contributed by atoms with Gasteiger partial charge >= 0.3 is 12.1 Å². The molecule has 0 unspecified atom stereocenters. The summed E-state index contributed by atoms with van der Waals surface area (Å²) in [4.78, 5) is 11.4. The first-order chi connectivity index (χ1) is 7.92. The third-order valence-electron chi connectivity index (χ3n) is 2.71. The number of aromatic nitrogens is 2. The summed E-state index contributed by atoms with van der Waals surface area (Å²) in [7, 11) is 1.19. The minimum atomic E-state index is -4.34. The molecule has 94 valence electrons. The predicted molar refractivity (Wildman–Crippen MR) is 51.6 cm³/mol.